The first-order valence-electron chi connectivity index (χ1n) is 12.6. The molecule has 0 bridgehead atoms. The molecule has 4 aromatic rings. The van der Waals surface area contributed by atoms with Crippen molar-refractivity contribution in [3.05, 3.63) is 59.0 Å². The Hall–Kier alpha value is -3.99. The van der Waals surface area contributed by atoms with Crippen molar-refractivity contribution in [1.29, 1.82) is 0 Å². The number of nitrogens with zero attached hydrogens (tertiary/aromatic N) is 7. The summed E-state index contributed by atoms with van der Waals surface area (Å²) in [6.07, 6.45) is 3.51. The van der Waals surface area contributed by atoms with E-state index >= 15 is 0 Å². The topological polar surface area (TPSA) is 116 Å². The van der Waals surface area contributed by atoms with E-state index < -0.39 is 18.1 Å². The van der Waals surface area contributed by atoms with Crippen LogP contribution in [-0.2, 0) is 29.1 Å². The van der Waals surface area contributed by atoms with Gasteiger partial charge in [0.25, 0.3) is 0 Å². The van der Waals surface area contributed by atoms with Crippen molar-refractivity contribution < 1.29 is 18.8 Å². The minimum Gasteiger partial charge on any atom is -0.328 e. The second-order valence-electron chi connectivity index (χ2n) is 9.63. The van der Waals surface area contributed by atoms with E-state index in [1.807, 2.05) is 19.1 Å². The van der Waals surface area contributed by atoms with Crippen LogP contribution in [0.15, 0.2) is 36.8 Å². The number of amides is 1. The Morgan fingerprint density at radius 2 is 1.87 bits per heavy atom. The number of ketones is 2. The average Bonchev–Trinajstić information content (AvgIpc) is 3.59. The summed E-state index contributed by atoms with van der Waals surface area (Å²) in [5.74, 6) is -0.408. The summed E-state index contributed by atoms with van der Waals surface area (Å²) in [6.45, 7) is 5.24. The van der Waals surface area contributed by atoms with E-state index in [1.165, 1.54) is 16.5 Å². The number of fused-ring (bicyclic) bond motifs is 1. The second kappa shape index (κ2) is 10.6. The number of halogens is 2. The van der Waals surface area contributed by atoms with E-state index in [-0.39, 0.29) is 43.2 Å². The highest BCUT2D eigenvalue weighted by molar-refractivity contribution is 6.31. The van der Waals surface area contributed by atoms with Crippen molar-refractivity contribution in [2.24, 2.45) is 0 Å². The van der Waals surface area contributed by atoms with Gasteiger partial charge in [0.2, 0.25) is 5.91 Å². The summed E-state index contributed by atoms with van der Waals surface area (Å²) in [6, 6.07) is 4.49. The van der Waals surface area contributed by atoms with Gasteiger partial charge in [-0.05, 0) is 31.5 Å². The molecule has 10 nitrogen and oxygen atoms in total. The maximum atomic E-state index is 14.5. The number of hydrogen-bond donors (Lipinski definition) is 0. The Morgan fingerprint density at radius 1 is 1.13 bits per heavy atom. The third-order valence-corrected chi connectivity index (χ3v) is 7.19. The van der Waals surface area contributed by atoms with Gasteiger partial charge in [0.15, 0.2) is 11.6 Å². The van der Waals surface area contributed by atoms with Gasteiger partial charge in [-0.3, -0.25) is 23.7 Å². The molecule has 3 aromatic heterocycles. The van der Waals surface area contributed by atoms with E-state index in [4.69, 9.17) is 11.6 Å². The molecule has 0 saturated carbocycles. The van der Waals surface area contributed by atoms with Crippen molar-refractivity contribution in [1.82, 2.24) is 34.4 Å². The van der Waals surface area contributed by atoms with Gasteiger partial charge in [-0.2, -0.15) is 10.2 Å². The molecule has 1 aliphatic heterocycles. The van der Waals surface area contributed by atoms with Crippen molar-refractivity contribution in [3.63, 3.8) is 0 Å². The minimum atomic E-state index is -1.33. The summed E-state index contributed by atoms with van der Waals surface area (Å²) < 4.78 is 17.5. The zero-order chi connectivity index (χ0) is 27.8. The van der Waals surface area contributed by atoms with Crippen molar-refractivity contribution in [2.75, 3.05) is 6.54 Å². The van der Waals surface area contributed by atoms with E-state index in [9.17, 15) is 18.8 Å². The van der Waals surface area contributed by atoms with Crippen molar-refractivity contribution in [2.45, 2.75) is 58.9 Å². The fourth-order valence-corrected chi connectivity index (χ4v) is 5.08. The molecule has 12 heteroatoms. The number of aromatic nitrogens is 6. The van der Waals surface area contributed by atoms with Gasteiger partial charge < -0.3 is 4.90 Å². The maximum absolute atomic E-state index is 14.5. The molecule has 0 aliphatic carbocycles. The zero-order valence-electron chi connectivity index (χ0n) is 21.8. The zero-order valence-corrected chi connectivity index (χ0v) is 22.5. The van der Waals surface area contributed by atoms with Gasteiger partial charge in [0.1, 0.15) is 24.2 Å². The highest BCUT2D eigenvalue weighted by atomic mass is 35.5. The molecule has 1 fully saturated rings. The first kappa shape index (κ1) is 26.6. The first-order valence-corrected chi connectivity index (χ1v) is 13.0. The fourth-order valence-electron chi connectivity index (χ4n) is 4.87. The van der Waals surface area contributed by atoms with E-state index in [0.717, 1.165) is 11.1 Å². The Labute approximate surface area is 228 Å². The van der Waals surface area contributed by atoms with Gasteiger partial charge in [-0.25, -0.2) is 14.4 Å². The smallest absolute Gasteiger partial charge is 0.245 e. The fraction of sp³-hybridized carbons (Fsp3) is 0.370. The molecule has 39 heavy (non-hydrogen) atoms. The number of rotatable bonds is 8. The molecular weight excluding hydrogens is 525 g/mol. The molecule has 202 valence electrons. The Bertz CT molecular complexity index is 1580. The monoisotopic (exact) mass is 551 g/mol. The largest absolute Gasteiger partial charge is 0.328 e. The van der Waals surface area contributed by atoms with E-state index in [0.29, 0.717) is 34.0 Å². The van der Waals surface area contributed by atoms with Crippen LogP contribution < -0.4 is 0 Å². The van der Waals surface area contributed by atoms with Gasteiger partial charge in [0, 0.05) is 49.4 Å². The van der Waals surface area contributed by atoms with Crippen LogP contribution in [0.3, 0.4) is 0 Å². The van der Waals surface area contributed by atoms with E-state index in [1.54, 1.807) is 36.3 Å². The summed E-state index contributed by atoms with van der Waals surface area (Å²) in [5.41, 5.74) is 2.76. The highest BCUT2D eigenvalue weighted by Crippen LogP contribution is 2.28. The molecule has 1 aromatic carbocycles. The minimum absolute atomic E-state index is 0.0861. The van der Waals surface area contributed by atoms with Gasteiger partial charge in [0.05, 0.1) is 35.2 Å². The van der Waals surface area contributed by atoms with Crippen molar-refractivity contribution in [3.8, 4) is 11.1 Å². The number of alkyl halides is 1. The summed E-state index contributed by atoms with van der Waals surface area (Å²) in [7, 11) is 0. The van der Waals surface area contributed by atoms with Gasteiger partial charge in [-0.1, -0.05) is 17.7 Å². The van der Waals surface area contributed by atoms with Crippen LogP contribution in [0.1, 0.15) is 42.3 Å². The molecule has 2 atom stereocenters. The Morgan fingerprint density at radius 3 is 2.54 bits per heavy atom. The molecule has 0 unspecified atom stereocenters. The molecule has 0 N–H and O–H groups in total. The first-order chi connectivity index (χ1) is 18.6. The molecule has 1 amide bonds. The quantitative estimate of drug-likeness (QED) is 0.307. The number of aryl methyl sites for hydroxylation is 2. The number of hydrogen-bond acceptors (Lipinski definition) is 7. The molecule has 4 heterocycles. The number of Topliss-reactive ketones (excluding diaryl/α,β-unsaturated/α-hetero) is 2. The summed E-state index contributed by atoms with van der Waals surface area (Å²) in [4.78, 5) is 48.6. The van der Waals surface area contributed by atoms with Gasteiger partial charge >= 0.3 is 0 Å². The summed E-state index contributed by atoms with van der Waals surface area (Å²) in [5, 5.41) is 9.64. The molecule has 0 radical (unpaired) electrons. The lowest BCUT2D eigenvalue weighted by Crippen LogP contribution is -2.43. The molecular formula is C27H27ClFN7O3. The lowest BCUT2D eigenvalue weighted by atomic mass is 10.0. The predicted molar refractivity (Wildman–Crippen MR) is 142 cm³/mol. The highest BCUT2D eigenvalue weighted by Gasteiger charge is 2.40. The van der Waals surface area contributed by atoms with Crippen LogP contribution in [0, 0.1) is 6.92 Å². The molecule has 0 spiro atoms. The maximum Gasteiger partial charge on any atom is 0.245 e. The SMILES string of the molecule is CCn1cc(Cl)c(CC(=O)[C@@H]2C[C@@H](F)CN2C(=O)Cn2nc(C(C)=O)c3cc(-c4cnc(C)nc4)ccc32)n1. The lowest BCUT2D eigenvalue weighted by molar-refractivity contribution is -0.138. The number of likely N-dealkylation sites (tertiary alicyclic amines) is 1. The Kier molecular flexibility index (Phi) is 7.26. The third kappa shape index (κ3) is 5.31. The van der Waals surface area contributed by atoms with Crippen LogP contribution in [0.4, 0.5) is 4.39 Å². The Balaban J connectivity index is 1.40. The van der Waals surface area contributed by atoms with Crippen molar-refractivity contribution >= 4 is 40.0 Å². The second-order valence-corrected chi connectivity index (χ2v) is 10.0. The molecule has 1 aliphatic rings. The standard InChI is InChI=1S/C27H27ClFN7O3/c1-4-34-13-21(28)22(32-34)9-25(38)24-8-19(29)12-35(24)26(39)14-36-23-6-5-17(18-10-30-16(3)31-11-18)7-20(23)27(33-36)15(2)37/h5-7,10-11,13,19,24H,4,8-9,12,14H2,1-3H3/t19-,24+/m1/s1. The third-order valence-electron chi connectivity index (χ3n) is 6.88. The van der Waals surface area contributed by atoms with Crippen LogP contribution in [-0.4, -0.2) is 70.7 Å². The summed E-state index contributed by atoms with van der Waals surface area (Å²) >= 11 is 6.21. The van der Waals surface area contributed by atoms with Crippen LogP contribution in [0.2, 0.25) is 5.02 Å². The number of carbonyl (C=O) groups is 3. The van der Waals surface area contributed by atoms with Crippen LogP contribution in [0.25, 0.3) is 22.0 Å². The average molecular weight is 552 g/mol. The number of carbonyl (C=O) groups excluding carboxylic acids is 3. The number of benzene rings is 1. The molecule has 5 rings (SSSR count). The lowest BCUT2D eigenvalue weighted by Gasteiger charge is -2.23. The van der Waals surface area contributed by atoms with Crippen LogP contribution >= 0.6 is 11.6 Å². The normalized spacial score (nSPS) is 17.2. The predicted octanol–water partition coefficient (Wildman–Crippen LogP) is 3.62. The van der Waals surface area contributed by atoms with E-state index in [2.05, 4.69) is 20.2 Å². The van der Waals surface area contributed by atoms with Gasteiger partial charge in [-0.15, -0.1) is 0 Å². The van der Waals surface area contributed by atoms with Crippen LogP contribution in [0.5, 0.6) is 0 Å². The molecule has 1 saturated heterocycles.